The number of rotatable bonds is 4. The van der Waals surface area contributed by atoms with Crippen molar-refractivity contribution in [3.8, 4) is 0 Å². The van der Waals surface area contributed by atoms with Crippen LogP contribution in [0.25, 0.3) is 0 Å². The minimum Gasteiger partial charge on any atom is -0.399 e. The fourth-order valence-electron chi connectivity index (χ4n) is 2.49. The highest BCUT2D eigenvalue weighted by molar-refractivity contribution is 5.40. The van der Waals surface area contributed by atoms with E-state index in [0.29, 0.717) is 6.04 Å². The van der Waals surface area contributed by atoms with Gasteiger partial charge in [0.15, 0.2) is 0 Å². The molecule has 1 atom stereocenters. The molecule has 0 saturated carbocycles. The van der Waals surface area contributed by atoms with Gasteiger partial charge < -0.3 is 11.5 Å². The molecule has 0 bridgehead atoms. The van der Waals surface area contributed by atoms with Gasteiger partial charge in [0.25, 0.3) is 0 Å². The lowest BCUT2D eigenvalue weighted by atomic mass is 10.0. The third kappa shape index (κ3) is 2.54. The molecule has 3 heteroatoms. The second-order valence-electron chi connectivity index (χ2n) is 4.50. The topological polar surface area (TPSA) is 55.3 Å². The number of anilines is 1. The maximum Gasteiger partial charge on any atom is 0.0360 e. The molecule has 1 aromatic rings. The molecular weight excluding hydrogens is 198 g/mol. The Morgan fingerprint density at radius 3 is 2.31 bits per heavy atom. The predicted octanol–water partition coefficient (Wildman–Crippen LogP) is 1.75. The molecule has 1 aliphatic heterocycles. The van der Waals surface area contributed by atoms with E-state index >= 15 is 0 Å². The molecule has 1 fully saturated rings. The summed E-state index contributed by atoms with van der Waals surface area (Å²) in [4.78, 5) is 2.54. The quantitative estimate of drug-likeness (QED) is 0.759. The van der Waals surface area contributed by atoms with Crippen LogP contribution in [0.2, 0.25) is 0 Å². The number of nitrogens with zero attached hydrogens (tertiary/aromatic N) is 1. The van der Waals surface area contributed by atoms with E-state index in [1.807, 2.05) is 12.1 Å². The molecule has 0 spiro atoms. The molecule has 0 aliphatic carbocycles. The van der Waals surface area contributed by atoms with Crippen molar-refractivity contribution >= 4 is 5.69 Å². The van der Waals surface area contributed by atoms with Crippen molar-refractivity contribution in [2.45, 2.75) is 25.3 Å². The van der Waals surface area contributed by atoms with Crippen molar-refractivity contribution in [3.05, 3.63) is 29.8 Å². The van der Waals surface area contributed by atoms with Crippen molar-refractivity contribution in [2.75, 3.05) is 25.4 Å². The van der Waals surface area contributed by atoms with Gasteiger partial charge in [-0.2, -0.15) is 0 Å². The molecule has 0 amide bonds. The summed E-state index contributed by atoms with van der Waals surface area (Å²) in [6, 6.07) is 8.71. The van der Waals surface area contributed by atoms with Gasteiger partial charge in [-0.15, -0.1) is 0 Å². The molecule has 1 heterocycles. The van der Waals surface area contributed by atoms with Crippen LogP contribution in [0.4, 0.5) is 5.69 Å². The minimum absolute atomic E-state index is 0.480. The Bertz CT molecular complexity index is 314. The van der Waals surface area contributed by atoms with Gasteiger partial charge in [0.2, 0.25) is 0 Å². The number of nitrogen functional groups attached to an aromatic ring is 1. The lowest BCUT2D eigenvalue weighted by Crippen LogP contribution is -2.27. The van der Waals surface area contributed by atoms with E-state index < -0.39 is 0 Å². The fourth-order valence-corrected chi connectivity index (χ4v) is 2.49. The molecule has 16 heavy (non-hydrogen) atoms. The third-order valence-corrected chi connectivity index (χ3v) is 3.34. The maximum atomic E-state index is 5.72. The molecule has 1 aliphatic rings. The molecule has 1 aromatic carbocycles. The highest BCUT2D eigenvalue weighted by Crippen LogP contribution is 2.27. The Morgan fingerprint density at radius 1 is 1.12 bits per heavy atom. The Labute approximate surface area is 97.4 Å². The van der Waals surface area contributed by atoms with Crippen LogP contribution in [0.15, 0.2) is 24.3 Å². The standard InChI is InChI=1S/C13H21N3/c14-8-7-13(16-9-1-2-10-16)11-3-5-12(15)6-4-11/h3-6,13H,1-2,7-10,14-15H2. The molecule has 4 N–H and O–H groups in total. The van der Waals surface area contributed by atoms with Gasteiger partial charge in [-0.25, -0.2) is 0 Å². The van der Waals surface area contributed by atoms with Crippen LogP contribution < -0.4 is 11.5 Å². The summed E-state index contributed by atoms with van der Waals surface area (Å²) in [5.41, 5.74) is 13.6. The number of nitrogens with two attached hydrogens (primary N) is 2. The second-order valence-corrected chi connectivity index (χ2v) is 4.50. The van der Waals surface area contributed by atoms with E-state index in [1.54, 1.807) is 0 Å². The van der Waals surface area contributed by atoms with Crippen LogP contribution in [0, 0.1) is 0 Å². The smallest absolute Gasteiger partial charge is 0.0360 e. The first-order valence-corrected chi connectivity index (χ1v) is 6.11. The van der Waals surface area contributed by atoms with Crippen molar-refractivity contribution in [1.82, 2.24) is 4.90 Å². The summed E-state index contributed by atoms with van der Waals surface area (Å²) in [7, 11) is 0. The summed E-state index contributed by atoms with van der Waals surface area (Å²) in [6.45, 7) is 3.15. The highest BCUT2D eigenvalue weighted by Gasteiger charge is 2.22. The van der Waals surface area contributed by atoms with E-state index in [0.717, 1.165) is 18.7 Å². The van der Waals surface area contributed by atoms with Crippen molar-refractivity contribution in [2.24, 2.45) is 5.73 Å². The zero-order valence-corrected chi connectivity index (χ0v) is 9.73. The van der Waals surface area contributed by atoms with E-state index in [1.165, 1.54) is 31.5 Å². The summed E-state index contributed by atoms with van der Waals surface area (Å²) >= 11 is 0. The van der Waals surface area contributed by atoms with Crippen LogP contribution in [0.3, 0.4) is 0 Å². The number of hydrogen-bond acceptors (Lipinski definition) is 3. The van der Waals surface area contributed by atoms with Gasteiger partial charge in [-0.3, -0.25) is 4.90 Å². The van der Waals surface area contributed by atoms with Crippen LogP contribution >= 0.6 is 0 Å². The maximum absolute atomic E-state index is 5.72. The number of hydrogen-bond donors (Lipinski definition) is 2. The average molecular weight is 219 g/mol. The van der Waals surface area contributed by atoms with Crippen LogP contribution in [-0.4, -0.2) is 24.5 Å². The third-order valence-electron chi connectivity index (χ3n) is 3.34. The first-order chi connectivity index (χ1) is 7.81. The van der Waals surface area contributed by atoms with E-state index in [4.69, 9.17) is 11.5 Å². The predicted molar refractivity (Wildman–Crippen MR) is 68.1 cm³/mol. The molecule has 3 nitrogen and oxygen atoms in total. The number of benzene rings is 1. The summed E-state index contributed by atoms with van der Waals surface area (Å²) in [5.74, 6) is 0. The van der Waals surface area contributed by atoms with E-state index in [-0.39, 0.29) is 0 Å². The zero-order chi connectivity index (χ0) is 11.4. The summed E-state index contributed by atoms with van der Waals surface area (Å²) < 4.78 is 0. The first-order valence-electron chi connectivity index (χ1n) is 6.11. The van der Waals surface area contributed by atoms with Gasteiger partial charge in [0, 0.05) is 11.7 Å². The van der Waals surface area contributed by atoms with Crippen LogP contribution in [-0.2, 0) is 0 Å². The molecule has 1 saturated heterocycles. The Balaban J connectivity index is 2.14. The Kier molecular flexibility index (Phi) is 3.80. The van der Waals surface area contributed by atoms with Gasteiger partial charge in [-0.1, -0.05) is 12.1 Å². The molecule has 0 aromatic heterocycles. The van der Waals surface area contributed by atoms with Crippen molar-refractivity contribution in [3.63, 3.8) is 0 Å². The van der Waals surface area contributed by atoms with Crippen LogP contribution in [0.5, 0.6) is 0 Å². The normalized spacial score (nSPS) is 18.8. The lowest BCUT2D eigenvalue weighted by Gasteiger charge is -2.27. The molecule has 1 unspecified atom stereocenters. The molecule has 2 rings (SSSR count). The largest absolute Gasteiger partial charge is 0.399 e. The highest BCUT2D eigenvalue weighted by atomic mass is 15.2. The van der Waals surface area contributed by atoms with Gasteiger partial charge in [0.05, 0.1) is 0 Å². The SMILES string of the molecule is NCCC(c1ccc(N)cc1)N1CCCC1. The molecule has 88 valence electrons. The summed E-state index contributed by atoms with van der Waals surface area (Å²) in [5, 5.41) is 0. The fraction of sp³-hybridized carbons (Fsp3) is 0.538. The molecular formula is C13H21N3. The zero-order valence-electron chi connectivity index (χ0n) is 9.73. The van der Waals surface area contributed by atoms with Gasteiger partial charge in [0.1, 0.15) is 0 Å². The minimum atomic E-state index is 0.480. The first kappa shape index (κ1) is 11.4. The Morgan fingerprint density at radius 2 is 1.75 bits per heavy atom. The second kappa shape index (κ2) is 5.32. The molecule has 0 radical (unpaired) electrons. The van der Waals surface area contributed by atoms with Crippen molar-refractivity contribution in [1.29, 1.82) is 0 Å². The Hall–Kier alpha value is -1.06. The van der Waals surface area contributed by atoms with Gasteiger partial charge >= 0.3 is 0 Å². The average Bonchev–Trinajstić information content (AvgIpc) is 2.81. The number of likely N-dealkylation sites (tertiary alicyclic amines) is 1. The van der Waals surface area contributed by atoms with E-state index in [2.05, 4.69) is 17.0 Å². The van der Waals surface area contributed by atoms with E-state index in [9.17, 15) is 0 Å². The van der Waals surface area contributed by atoms with Crippen molar-refractivity contribution < 1.29 is 0 Å². The summed E-state index contributed by atoms with van der Waals surface area (Å²) in [6.07, 6.45) is 3.66. The monoisotopic (exact) mass is 219 g/mol. The lowest BCUT2D eigenvalue weighted by molar-refractivity contribution is 0.236. The van der Waals surface area contributed by atoms with Crippen LogP contribution in [0.1, 0.15) is 30.9 Å². The van der Waals surface area contributed by atoms with Gasteiger partial charge in [-0.05, 0) is 56.6 Å².